The van der Waals surface area contributed by atoms with Crippen molar-refractivity contribution in [2.75, 3.05) is 0 Å². The van der Waals surface area contributed by atoms with E-state index in [9.17, 15) is 0 Å². The molecule has 0 radical (unpaired) electrons. The van der Waals surface area contributed by atoms with Gasteiger partial charge in [0.15, 0.2) is 23.3 Å². The van der Waals surface area contributed by atoms with Gasteiger partial charge in [0.25, 0.3) is 0 Å². The first kappa shape index (κ1) is 79.7. The lowest BCUT2D eigenvalue weighted by atomic mass is 9.89. The quantitative estimate of drug-likeness (QED) is 0.0635. The molecule has 0 N–H and O–H groups in total. The van der Waals surface area contributed by atoms with Gasteiger partial charge < -0.3 is 0 Å². The molecule has 0 aliphatic carbocycles. The fourth-order valence-corrected chi connectivity index (χ4v) is 19.8. The van der Waals surface area contributed by atoms with Gasteiger partial charge in [0.2, 0.25) is 0 Å². The predicted molar refractivity (Wildman–Crippen MR) is 562 cm³/mol. The van der Waals surface area contributed by atoms with E-state index in [-0.39, 0.29) is 5.78 Å². The van der Waals surface area contributed by atoms with E-state index in [4.69, 9.17) is 15.0 Å². The molecule has 1 aromatic heterocycles. The SMILES string of the molecule is O=C(c1cc(-c2cccc(-c3cccc(-c4ccc(-c5cc(-c6ccccc6)cc(-c6cccc(-c7nc(-c8cccc(-c9cc(-c%10ccccc%10)cc(-c%10ccccc%10)c9)c8)nc(-c8ccc9c%10ccccc%10c%10ccccc%10c9c8)n7)c6)c5)cc4)c3)c2)cc(-c2cccc(-c3cc(-c4ccccc4)cc(-c4ccccc4)c3)c2)c1)c1ccc2c3ccccc3c3ccccc3c2c1. The zero-order valence-corrected chi connectivity index (χ0v) is 73.2. The number of hydrogen-bond donors (Lipinski definition) is 0. The van der Waals surface area contributed by atoms with E-state index >= 15 is 4.79 Å². The Labute approximate surface area is 778 Å². The summed E-state index contributed by atoms with van der Waals surface area (Å²) in [6.07, 6.45) is 0. The van der Waals surface area contributed by atoms with Crippen molar-refractivity contribution in [1.29, 1.82) is 0 Å². The summed E-state index contributed by atoms with van der Waals surface area (Å²) in [7, 11) is 0. The number of hydrogen-bond acceptors (Lipinski definition) is 4. The van der Waals surface area contributed by atoms with Gasteiger partial charge in [-0.2, -0.15) is 0 Å². The highest BCUT2D eigenvalue weighted by Gasteiger charge is 2.23. The number of fused-ring (bicyclic) bond motifs is 12. The number of carbonyl (C=O) groups excluding carboxylic acids is 1. The monoisotopic (exact) mass is 1700 g/mol. The molecule has 0 unspecified atom stereocenters. The van der Waals surface area contributed by atoms with Crippen molar-refractivity contribution < 1.29 is 4.79 Å². The summed E-state index contributed by atoms with van der Waals surface area (Å²) in [4.78, 5) is 32.2. The molecule has 4 heteroatoms. The average molecular weight is 1700 g/mol. The van der Waals surface area contributed by atoms with Crippen LogP contribution in [0.15, 0.2) is 504 Å². The second kappa shape index (κ2) is 34.4. The molecule has 23 aromatic carbocycles. The second-order valence-corrected chi connectivity index (χ2v) is 34.8. The van der Waals surface area contributed by atoms with Crippen LogP contribution >= 0.6 is 0 Å². The molecule has 0 aliphatic heterocycles. The standard InChI is InChI=1S/C130H83N3O/c134-127(99-61-63-123-119-53-18-16-49-115(119)117-51-20-22-55-121(117)125(123)82-99)114-80-112(79-113(81-114)96-44-26-43-95(67-96)109-73-103(84-29-6-1-7-30-84)70-104(74-109)85-31-8-2-9-32-85)94-42-25-41-93(66-94)92-40-24-39-91(65-92)89-57-59-90(60-58-89)108-72-107(88-37-14-5-15-38-88)77-111(78-108)98-46-28-48-101(69-98)129-131-128(132-130(133-129)102-62-64-124-120-54-19-17-50-116(120)118-52-21-23-56-122(118)126(124)83-102)100-47-27-45-97(68-100)110-75-105(86-33-10-3-11-34-86)71-106(76-110)87-35-12-4-13-36-87/h1-83H. The number of rotatable bonds is 18. The van der Waals surface area contributed by atoms with Crippen molar-refractivity contribution in [3.8, 4) is 179 Å². The summed E-state index contributed by atoms with van der Waals surface area (Å²) in [6, 6.07) is 181. The molecule has 0 bridgehead atoms. The predicted octanol–water partition coefficient (Wildman–Crippen LogP) is 34.7. The van der Waals surface area contributed by atoms with Crippen LogP contribution in [0.1, 0.15) is 15.9 Å². The van der Waals surface area contributed by atoms with Crippen LogP contribution in [-0.4, -0.2) is 20.7 Å². The van der Waals surface area contributed by atoms with Crippen LogP contribution in [0.3, 0.4) is 0 Å². The minimum absolute atomic E-state index is 0.0442. The molecule has 0 spiro atoms. The molecule has 0 saturated carbocycles. The number of aromatic nitrogens is 3. The molecule has 0 aliphatic rings. The highest BCUT2D eigenvalue weighted by molar-refractivity contribution is 6.28. The number of nitrogens with zero attached hydrogens (tertiary/aromatic N) is 3. The van der Waals surface area contributed by atoms with Gasteiger partial charge in [0.05, 0.1) is 0 Å². The molecule has 624 valence electrons. The number of ketones is 1. The molecule has 0 fully saturated rings. The molecule has 0 amide bonds. The lowest BCUT2D eigenvalue weighted by molar-refractivity contribution is 0.103. The lowest BCUT2D eigenvalue weighted by Gasteiger charge is -2.15. The zero-order valence-electron chi connectivity index (χ0n) is 73.2. The average Bonchev–Trinajstić information content (AvgIpc) is 0.748. The topological polar surface area (TPSA) is 55.7 Å². The third kappa shape index (κ3) is 15.4. The Bertz CT molecular complexity index is 8540. The van der Waals surface area contributed by atoms with Gasteiger partial charge in [0.1, 0.15) is 0 Å². The van der Waals surface area contributed by atoms with Crippen LogP contribution in [-0.2, 0) is 0 Å². The van der Waals surface area contributed by atoms with Gasteiger partial charge in [-0.25, -0.2) is 15.0 Å². The summed E-state index contributed by atoms with van der Waals surface area (Å²) in [5, 5.41) is 13.9. The van der Waals surface area contributed by atoms with Crippen molar-refractivity contribution in [3.05, 3.63) is 515 Å². The lowest BCUT2D eigenvalue weighted by Crippen LogP contribution is -2.02. The molecule has 24 rings (SSSR count). The maximum Gasteiger partial charge on any atom is 0.193 e. The summed E-state index contributed by atoms with van der Waals surface area (Å²) < 4.78 is 0. The summed E-state index contributed by atoms with van der Waals surface area (Å²) >= 11 is 0. The summed E-state index contributed by atoms with van der Waals surface area (Å²) in [5.41, 5.74) is 32.0. The molecule has 24 aromatic rings. The van der Waals surface area contributed by atoms with Gasteiger partial charge in [-0.3, -0.25) is 4.79 Å². The van der Waals surface area contributed by atoms with E-state index in [2.05, 4.69) is 497 Å². The van der Waals surface area contributed by atoms with E-state index in [0.29, 0.717) is 28.6 Å². The highest BCUT2D eigenvalue weighted by Crippen LogP contribution is 2.45. The first-order valence-electron chi connectivity index (χ1n) is 45.7. The molecule has 0 saturated heterocycles. The van der Waals surface area contributed by atoms with E-state index in [1.165, 1.54) is 32.3 Å². The molecular formula is C130H83N3O. The normalized spacial score (nSPS) is 11.5. The van der Waals surface area contributed by atoms with Gasteiger partial charge in [-0.05, 0) is 325 Å². The van der Waals surface area contributed by atoms with Crippen LogP contribution in [0, 0.1) is 0 Å². The van der Waals surface area contributed by atoms with Gasteiger partial charge >= 0.3 is 0 Å². The van der Waals surface area contributed by atoms with E-state index in [1.807, 2.05) is 6.07 Å². The fourth-order valence-electron chi connectivity index (χ4n) is 19.8. The van der Waals surface area contributed by atoms with E-state index < -0.39 is 0 Å². The second-order valence-electron chi connectivity index (χ2n) is 34.8. The van der Waals surface area contributed by atoms with Crippen molar-refractivity contribution >= 4 is 70.4 Å². The first-order chi connectivity index (χ1) is 66.2. The van der Waals surface area contributed by atoms with Gasteiger partial charge in [-0.15, -0.1) is 0 Å². The Morgan fingerprint density at radius 2 is 0.284 bits per heavy atom. The van der Waals surface area contributed by atoms with Crippen molar-refractivity contribution in [2.24, 2.45) is 0 Å². The molecular weight excluding hydrogens is 1620 g/mol. The smallest absolute Gasteiger partial charge is 0.193 e. The molecule has 4 nitrogen and oxygen atoms in total. The molecule has 134 heavy (non-hydrogen) atoms. The summed E-state index contributed by atoms with van der Waals surface area (Å²) in [6.45, 7) is 0. The van der Waals surface area contributed by atoms with Crippen LogP contribution in [0.25, 0.3) is 243 Å². The maximum atomic E-state index is 15.7. The van der Waals surface area contributed by atoms with Crippen molar-refractivity contribution in [3.63, 3.8) is 0 Å². The van der Waals surface area contributed by atoms with Gasteiger partial charge in [-0.1, -0.05) is 388 Å². The Kier molecular flexibility index (Phi) is 20.4. The largest absolute Gasteiger partial charge is 0.289 e. The van der Waals surface area contributed by atoms with Crippen molar-refractivity contribution in [1.82, 2.24) is 15.0 Å². The van der Waals surface area contributed by atoms with E-state index in [1.54, 1.807) is 0 Å². The third-order valence-corrected chi connectivity index (χ3v) is 26.6. The fraction of sp³-hybridized carbons (Fsp3) is 0. The van der Waals surface area contributed by atoms with Crippen LogP contribution in [0.2, 0.25) is 0 Å². The Balaban J connectivity index is 0.575. The zero-order chi connectivity index (χ0) is 88.9. The number of benzene rings is 23. The minimum atomic E-state index is -0.0442. The molecule has 0 atom stereocenters. The Hall–Kier alpha value is -17.7. The highest BCUT2D eigenvalue weighted by atomic mass is 16.1. The Morgan fingerprint density at radius 1 is 0.112 bits per heavy atom. The summed E-state index contributed by atoms with van der Waals surface area (Å²) in [5.74, 6) is 1.67. The Morgan fingerprint density at radius 3 is 0.582 bits per heavy atom. The van der Waals surface area contributed by atoms with E-state index in [0.717, 1.165) is 194 Å². The van der Waals surface area contributed by atoms with Crippen LogP contribution in [0.4, 0.5) is 0 Å². The van der Waals surface area contributed by atoms with Crippen LogP contribution < -0.4 is 0 Å². The first-order valence-corrected chi connectivity index (χ1v) is 45.7. The van der Waals surface area contributed by atoms with Gasteiger partial charge in [0, 0.05) is 27.8 Å². The molecule has 1 heterocycles. The van der Waals surface area contributed by atoms with Crippen molar-refractivity contribution in [2.45, 2.75) is 0 Å². The van der Waals surface area contributed by atoms with Crippen LogP contribution in [0.5, 0.6) is 0 Å². The maximum absolute atomic E-state index is 15.7. The minimum Gasteiger partial charge on any atom is -0.289 e. The number of carbonyl (C=O) groups is 1. The third-order valence-electron chi connectivity index (χ3n) is 26.6.